The average molecular weight is 264 g/mol. The maximum absolute atomic E-state index is 5.77. The molecule has 1 aliphatic heterocycles. The van der Waals surface area contributed by atoms with Crippen LogP contribution in [0.15, 0.2) is 18.2 Å². The Balaban J connectivity index is 2.19. The molecule has 1 aliphatic rings. The van der Waals surface area contributed by atoms with Crippen molar-refractivity contribution in [1.29, 1.82) is 0 Å². The number of aryl methyl sites for hydroxylation is 1. The lowest BCUT2D eigenvalue weighted by Gasteiger charge is -2.24. The van der Waals surface area contributed by atoms with E-state index in [-0.39, 0.29) is 12.1 Å². The van der Waals surface area contributed by atoms with Crippen molar-refractivity contribution in [3.8, 4) is 0 Å². The Bertz CT molecular complexity index is 441. The van der Waals surface area contributed by atoms with Crippen molar-refractivity contribution in [2.24, 2.45) is 5.73 Å². The fraction of sp³-hybridized carbons (Fsp3) is 0.500. The molecule has 0 amide bonds. The van der Waals surface area contributed by atoms with Crippen LogP contribution in [0.3, 0.4) is 0 Å². The second-order valence-electron chi connectivity index (χ2n) is 4.85. The van der Waals surface area contributed by atoms with Gasteiger partial charge in [0.05, 0.1) is 6.10 Å². The van der Waals surface area contributed by atoms with Gasteiger partial charge in [0.1, 0.15) is 4.99 Å². The van der Waals surface area contributed by atoms with Gasteiger partial charge in [-0.1, -0.05) is 24.4 Å². The number of nitrogens with one attached hydrogen (secondary N) is 1. The third-order valence-electron chi connectivity index (χ3n) is 3.43. The number of para-hydroxylation sites is 1. The highest BCUT2D eigenvalue weighted by Gasteiger charge is 2.23. The average Bonchev–Trinajstić information content (AvgIpc) is 2.85. The fourth-order valence-corrected chi connectivity index (χ4v) is 2.55. The summed E-state index contributed by atoms with van der Waals surface area (Å²) in [4.78, 5) is 0.431. The molecule has 3 N–H and O–H groups in total. The number of thiocarbonyl (C=S) groups is 1. The van der Waals surface area contributed by atoms with Crippen LogP contribution in [0.5, 0.6) is 0 Å². The zero-order valence-electron chi connectivity index (χ0n) is 10.9. The van der Waals surface area contributed by atoms with Crippen molar-refractivity contribution < 1.29 is 4.74 Å². The van der Waals surface area contributed by atoms with Crippen LogP contribution in [0.1, 0.15) is 30.9 Å². The van der Waals surface area contributed by atoms with E-state index < -0.39 is 0 Å². The predicted octanol–water partition coefficient (Wildman–Crippen LogP) is 2.61. The van der Waals surface area contributed by atoms with E-state index >= 15 is 0 Å². The molecule has 18 heavy (non-hydrogen) atoms. The van der Waals surface area contributed by atoms with Crippen LogP contribution in [0.4, 0.5) is 5.69 Å². The Morgan fingerprint density at radius 2 is 2.33 bits per heavy atom. The smallest absolute Gasteiger partial charge is 0.106 e. The van der Waals surface area contributed by atoms with E-state index in [1.54, 1.807) is 0 Å². The van der Waals surface area contributed by atoms with Crippen LogP contribution < -0.4 is 11.1 Å². The molecule has 2 rings (SSSR count). The molecular formula is C14H20N2OS. The van der Waals surface area contributed by atoms with Gasteiger partial charge in [0.25, 0.3) is 0 Å². The molecule has 1 aromatic rings. The van der Waals surface area contributed by atoms with Crippen LogP contribution >= 0.6 is 12.2 Å². The lowest BCUT2D eigenvalue weighted by Crippen LogP contribution is -2.31. The van der Waals surface area contributed by atoms with Crippen molar-refractivity contribution in [3.63, 3.8) is 0 Å². The van der Waals surface area contributed by atoms with Crippen molar-refractivity contribution in [3.05, 3.63) is 29.3 Å². The van der Waals surface area contributed by atoms with Crippen LogP contribution in [0.2, 0.25) is 0 Å². The first-order valence-electron chi connectivity index (χ1n) is 6.37. The second kappa shape index (κ2) is 5.67. The lowest BCUT2D eigenvalue weighted by atomic mass is 10.0. The van der Waals surface area contributed by atoms with Crippen molar-refractivity contribution in [2.75, 3.05) is 11.9 Å². The number of hydrogen-bond acceptors (Lipinski definition) is 3. The van der Waals surface area contributed by atoms with Gasteiger partial charge in [0.2, 0.25) is 0 Å². The summed E-state index contributed by atoms with van der Waals surface area (Å²) < 4.78 is 5.70. The molecule has 0 saturated carbocycles. The summed E-state index contributed by atoms with van der Waals surface area (Å²) in [6.45, 7) is 5.07. The van der Waals surface area contributed by atoms with Crippen LogP contribution in [0.25, 0.3) is 0 Å². The molecule has 0 aliphatic carbocycles. The maximum Gasteiger partial charge on any atom is 0.106 e. The van der Waals surface area contributed by atoms with Gasteiger partial charge in [0.15, 0.2) is 0 Å². The van der Waals surface area contributed by atoms with E-state index in [2.05, 4.69) is 25.2 Å². The minimum Gasteiger partial charge on any atom is -0.389 e. The van der Waals surface area contributed by atoms with Crippen molar-refractivity contribution >= 4 is 22.9 Å². The van der Waals surface area contributed by atoms with Gasteiger partial charge in [0, 0.05) is 23.9 Å². The summed E-state index contributed by atoms with van der Waals surface area (Å²) in [6, 6.07) is 6.26. The third kappa shape index (κ3) is 2.82. The van der Waals surface area contributed by atoms with E-state index in [4.69, 9.17) is 22.7 Å². The molecule has 3 nitrogen and oxygen atoms in total. The van der Waals surface area contributed by atoms with E-state index in [9.17, 15) is 0 Å². The SMILES string of the molecule is Cc1cccc(C(N)=S)c1NC(C)C1CCCO1. The van der Waals surface area contributed by atoms with Gasteiger partial charge in [-0.25, -0.2) is 0 Å². The minimum absolute atomic E-state index is 0.265. The highest BCUT2D eigenvalue weighted by Crippen LogP contribution is 2.24. The second-order valence-corrected chi connectivity index (χ2v) is 5.29. The van der Waals surface area contributed by atoms with Gasteiger partial charge in [-0.2, -0.15) is 0 Å². The lowest BCUT2D eigenvalue weighted by molar-refractivity contribution is 0.0996. The van der Waals surface area contributed by atoms with Gasteiger partial charge < -0.3 is 15.8 Å². The van der Waals surface area contributed by atoms with E-state index in [1.807, 2.05) is 12.1 Å². The molecular weight excluding hydrogens is 244 g/mol. The highest BCUT2D eigenvalue weighted by atomic mass is 32.1. The fourth-order valence-electron chi connectivity index (χ4n) is 2.38. The Morgan fingerprint density at radius 1 is 1.56 bits per heavy atom. The van der Waals surface area contributed by atoms with Crippen molar-refractivity contribution in [1.82, 2.24) is 0 Å². The molecule has 1 saturated heterocycles. The summed E-state index contributed by atoms with van der Waals surface area (Å²) >= 11 is 5.10. The number of rotatable bonds is 4. The number of ether oxygens (including phenoxy) is 1. The first-order valence-corrected chi connectivity index (χ1v) is 6.78. The number of anilines is 1. The largest absolute Gasteiger partial charge is 0.389 e. The molecule has 1 fully saturated rings. The molecule has 0 bridgehead atoms. The van der Waals surface area contributed by atoms with E-state index in [1.165, 1.54) is 0 Å². The molecule has 2 unspecified atom stereocenters. The topological polar surface area (TPSA) is 47.3 Å². The summed E-state index contributed by atoms with van der Waals surface area (Å²) in [7, 11) is 0. The highest BCUT2D eigenvalue weighted by molar-refractivity contribution is 7.80. The molecule has 98 valence electrons. The normalized spacial score (nSPS) is 20.7. The summed E-state index contributed by atoms with van der Waals surface area (Å²) in [5.74, 6) is 0. The third-order valence-corrected chi connectivity index (χ3v) is 3.65. The van der Waals surface area contributed by atoms with Gasteiger partial charge in [-0.3, -0.25) is 0 Å². The number of benzene rings is 1. The van der Waals surface area contributed by atoms with Crippen molar-refractivity contribution in [2.45, 2.75) is 38.8 Å². The Labute approximate surface area is 114 Å². The number of nitrogens with two attached hydrogens (primary N) is 1. The standard InChI is InChI=1S/C14H20N2OS/c1-9-5-3-6-11(14(15)18)13(9)16-10(2)12-7-4-8-17-12/h3,5-6,10,12,16H,4,7-8H2,1-2H3,(H2,15,18). The van der Waals surface area contributed by atoms with Crippen LogP contribution in [-0.4, -0.2) is 23.7 Å². The molecule has 0 radical (unpaired) electrons. The quantitative estimate of drug-likeness (QED) is 0.821. The molecule has 2 atom stereocenters. The summed E-state index contributed by atoms with van der Waals surface area (Å²) in [5.41, 5.74) is 8.88. The minimum atomic E-state index is 0.265. The molecule has 1 heterocycles. The Hall–Kier alpha value is -1.13. The molecule has 1 aromatic carbocycles. The zero-order valence-corrected chi connectivity index (χ0v) is 11.7. The Kier molecular flexibility index (Phi) is 4.19. The molecule has 4 heteroatoms. The van der Waals surface area contributed by atoms with Gasteiger partial charge >= 0.3 is 0 Å². The zero-order chi connectivity index (χ0) is 13.1. The van der Waals surface area contributed by atoms with Gasteiger partial charge in [-0.05, 0) is 38.3 Å². The maximum atomic E-state index is 5.77. The summed E-state index contributed by atoms with van der Waals surface area (Å²) in [5, 5.41) is 3.51. The van der Waals surface area contributed by atoms with Gasteiger partial charge in [-0.15, -0.1) is 0 Å². The van der Waals surface area contributed by atoms with E-state index in [0.717, 1.165) is 36.3 Å². The summed E-state index contributed by atoms with van der Waals surface area (Å²) in [6.07, 6.45) is 2.54. The Morgan fingerprint density at radius 3 is 2.94 bits per heavy atom. The van der Waals surface area contributed by atoms with Crippen LogP contribution in [0, 0.1) is 6.92 Å². The first kappa shape index (κ1) is 13.3. The first-order chi connectivity index (χ1) is 8.59. The number of hydrogen-bond donors (Lipinski definition) is 2. The van der Waals surface area contributed by atoms with Crippen LogP contribution in [-0.2, 0) is 4.74 Å². The molecule has 0 aromatic heterocycles. The predicted molar refractivity (Wildman–Crippen MR) is 79.1 cm³/mol. The van der Waals surface area contributed by atoms with E-state index in [0.29, 0.717) is 4.99 Å². The molecule has 0 spiro atoms. The monoisotopic (exact) mass is 264 g/mol.